The first kappa shape index (κ1) is 18.4. The molecule has 0 amide bonds. The van der Waals surface area contributed by atoms with Gasteiger partial charge in [0, 0.05) is 28.2 Å². The average Bonchev–Trinajstić information content (AvgIpc) is 2.94. The van der Waals surface area contributed by atoms with Gasteiger partial charge in [0.2, 0.25) is 0 Å². The molecule has 0 aliphatic heterocycles. The SMILES string of the molecule is CN(C)C=N.CN(C)C=N.c1ccc2c(c1)Cc1ccccc1-2. The van der Waals surface area contributed by atoms with Crippen LogP contribution in [0.3, 0.4) is 0 Å². The van der Waals surface area contributed by atoms with E-state index in [0.29, 0.717) is 0 Å². The van der Waals surface area contributed by atoms with Gasteiger partial charge in [-0.3, -0.25) is 10.8 Å². The predicted octanol–water partition coefficient (Wildman–Crippen LogP) is 3.57. The molecule has 3 rings (SSSR count). The Bertz CT molecular complexity index is 577. The molecule has 122 valence electrons. The van der Waals surface area contributed by atoms with Crippen LogP contribution in [0.2, 0.25) is 0 Å². The molecule has 23 heavy (non-hydrogen) atoms. The third-order valence-corrected chi connectivity index (χ3v) is 3.22. The van der Waals surface area contributed by atoms with Crippen molar-refractivity contribution in [2.45, 2.75) is 6.42 Å². The lowest BCUT2D eigenvalue weighted by Crippen LogP contribution is -2.05. The maximum Gasteiger partial charge on any atom is 0.0812 e. The fourth-order valence-corrected chi connectivity index (χ4v) is 2.08. The number of rotatable bonds is 2. The van der Waals surface area contributed by atoms with E-state index < -0.39 is 0 Å². The summed E-state index contributed by atoms with van der Waals surface area (Å²) in [6.45, 7) is 0. The van der Waals surface area contributed by atoms with Crippen molar-refractivity contribution in [1.82, 2.24) is 9.80 Å². The van der Waals surface area contributed by atoms with E-state index in [4.69, 9.17) is 10.8 Å². The zero-order chi connectivity index (χ0) is 17.2. The number of hydrogen-bond donors (Lipinski definition) is 2. The molecule has 2 aromatic rings. The van der Waals surface area contributed by atoms with Gasteiger partial charge in [-0.25, -0.2) is 0 Å². The van der Waals surface area contributed by atoms with Crippen molar-refractivity contribution < 1.29 is 0 Å². The van der Waals surface area contributed by atoms with Crippen LogP contribution in [-0.2, 0) is 6.42 Å². The van der Waals surface area contributed by atoms with Gasteiger partial charge in [0.15, 0.2) is 0 Å². The van der Waals surface area contributed by atoms with E-state index in [1.54, 1.807) is 9.80 Å². The van der Waals surface area contributed by atoms with Crippen molar-refractivity contribution in [1.29, 1.82) is 10.8 Å². The molecule has 0 aromatic heterocycles. The highest BCUT2D eigenvalue weighted by Crippen LogP contribution is 2.35. The fourth-order valence-electron chi connectivity index (χ4n) is 2.08. The van der Waals surface area contributed by atoms with Crippen LogP contribution in [0.15, 0.2) is 48.5 Å². The molecule has 1 aliphatic carbocycles. The molecule has 0 saturated carbocycles. The fraction of sp³-hybridized carbons (Fsp3) is 0.263. The Labute approximate surface area is 139 Å². The number of nitrogens with zero attached hydrogens (tertiary/aromatic N) is 2. The summed E-state index contributed by atoms with van der Waals surface area (Å²) < 4.78 is 0. The number of hydrogen-bond acceptors (Lipinski definition) is 2. The van der Waals surface area contributed by atoms with Gasteiger partial charge in [-0.1, -0.05) is 48.5 Å². The van der Waals surface area contributed by atoms with Crippen molar-refractivity contribution in [3.8, 4) is 11.1 Å². The minimum absolute atomic E-state index is 1.10. The van der Waals surface area contributed by atoms with E-state index >= 15 is 0 Å². The van der Waals surface area contributed by atoms with Crippen molar-refractivity contribution in [3.63, 3.8) is 0 Å². The summed E-state index contributed by atoms with van der Waals surface area (Å²) in [5.41, 5.74) is 5.75. The van der Waals surface area contributed by atoms with Crippen LogP contribution in [0, 0.1) is 10.8 Å². The van der Waals surface area contributed by atoms with E-state index in [-0.39, 0.29) is 0 Å². The molecule has 0 fully saturated rings. The molecule has 4 heteroatoms. The highest BCUT2D eigenvalue weighted by molar-refractivity contribution is 5.76. The van der Waals surface area contributed by atoms with Gasteiger partial charge in [0.1, 0.15) is 0 Å². The molecular formula is C19H26N4. The van der Waals surface area contributed by atoms with Crippen LogP contribution in [-0.4, -0.2) is 50.7 Å². The average molecular weight is 310 g/mol. The van der Waals surface area contributed by atoms with E-state index in [1.807, 2.05) is 28.2 Å². The van der Waals surface area contributed by atoms with Gasteiger partial charge >= 0.3 is 0 Å². The van der Waals surface area contributed by atoms with Gasteiger partial charge in [-0.15, -0.1) is 0 Å². The summed E-state index contributed by atoms with van der Waals surface area (Å²) >= 11 is 0. The first-order chi connectivity index (χ1) is 11.0. The van der Waals surface area contributed by atoms with E-state index in [9.17, 15) is 0 Å². The minimum atomic E-state index is 1.10. The number of benzene rings is 2. The molecule has 2 N–H and O–H groups in total. The van der Waals surface area contributed by atoms with Crippen LogP contribution >= 0.6 is 0 Å². The zero-order valence-corrected chi connectivity index (χ0v) is 14.4. The third kappa shape index (κ3) is 5.94. The first-order valence-corrected chi connectivity index (χ1v) is 7.49. The van der Waals surface area contributed by atoms with Gasteiger partial charge in [0.25, 0.3) is 0 Å². The van der Waals surface area contributed by atoms with Crippen molar-refractivity contribution >= 4 is 12.7 Å². The maximum absolute atomic E-state index is 6.46. The topological polar surface area (TPSA) is 54.2 Å². The standard InChI is InChI=1S/C13H10.2C3H8N2/c1-3-7-12-10(5-1)9-11-6-2-4-8-13(11)12;2*1-5(2)3-4/h1-8H,9H2;2*3-4H,1-2H3. The van der Waals surface area contributed by atoms with E-state index in [1.165, 1.54) is 34.9 Å². The Kier molecular flexibility index (Phi) is 7.54. The van der Waals surface area contributed by atoms with Crippen LogP contribution < -0.4 is 0 Å². The minimum Gasteiger partial charge on any atom is -0.369 e. The molecular weight excluding hydrogens is 284 g/mol. The summed E-state index contributed by atoms with van der Waals surface area (Å²) in [5.74, 6) is 0. The molecule has 2 aromatic carbocycles. The molecule has 1 aliphatic rings. The van der Waals surface area contributed by atoms with Crippen LogP contribution in [0.4, 0.5) is 0 Å². The lowest BCUT2D eigenvalue weighted by atomic mass is 10.1. The normalized spacial score (nSPS) is 9.91. The van der Waals surface area contributed by atoms with Gasteiger partial charge in [-0.05, 0) is 28.7 Å². The summed E-state index contributed by atoms with van der Waals surface area (Å²) in [7, 11) is 7.25. The summed E-state index contributed by atoms with van der Waals surface area (Å²) in [6.07, 6.45) is 3.60. The quantitative estimate of drug-likeness (QED) is 0.561. The van der Waals surface area contributed by atoms with Crippen LogP contribution in [0.5, 0.6) is 0 Å². The highest BCUT2D eigenvalue weighted by atomic mass is 15.1. The first-order valence-electron chi connectivity index (χ1n) is 7.49. The molecule has 0 radical (unpaired) electrons. The van der Waals surface area contributed by atoms with Crippen LogP contribution in [0.25, 0.3) is 11.1 Å². The molecule has 0 bridgehead atoms. The van der Waals surface area contributed by atoms with E-state index in [0.717, 1.165) is 6.42 Å². The molecule has 0 unspecified atom stereocenters. The lowest BCUT2D eigenvalue weighted by Gasteiger charge is -1.98. The number of fused-ring (bicyclic) bond motifs is 3. The number of nitrogens with one attached hydrogen (secondary N) is 2. The predicted molar refractivity (Wildman–Crippen MR) is 99.6 cm³/mol. The van der Waals surface area contributed by atoms with E-state index in [2.05, 4.69) is 48.5 Å². The summed E-state index contributed by atoms with van der Waals surface area (Å²) in [5, 5.41) is 12.9. The maximum atomic E-state index is 6.46. The Morgan fingerprint density at radius 3 is 1.30 bits per heavy atom. The molecule has 4 nitrogen and oxygen atoms in total. The van der Waals surface area contributed by atoms with Crippen molar-refractivity contribution in [3.05, 3.63) is 59.7 Å². The Morgan fingerprint density at radius 1 is 0.696 bits per heavy atom. The second-order valence-electron chi connectivity index (χ2n) is 5.68. The van der Waals surface area contributed by atoms with Crippen molar-refractivity contribution in [2.75, 3.05) is 28.2 Å². The third-order valence-electron chi connectivity index (χ3n) is 3.22. The monoisotopic (exact) mass is 310 g/mol. The highest BCUT2D eigenvalue weighted by Gasteiger charge is 2.15. The van der Waals surface area contributed by atoms with Gasteiger partial charge < -0.3 is 9.80 Å². The Hall–Kier alpha value is -2.62. The smallest absolute Gasteiger partial charge is 0.0812 e. The van der Waals surface area contributed by atoms with Crippen LogP contribution in [0.1, 0.15) is 11.1 Å². The second kappa shape index (κ2) is 9.41. The Morgan fingerprint density at radius 2 is 1.00 bits per heavy atom. The second-order valence-corrected chi connectivity index (χ2v) is 5.68. The zero-order valence-electron chi connectivity index (χ0n) is 14.4. The largest absolute Gasteiger partial charge is 0.369 e. The Balaban J connectivity index is 0.000000224. The van der Waals surface area contributed by atoms with Gasteiger partial charge in [-0.2, -0.15) is 0 Å². The van der Waals surface area contributed by atoms with Crippen molar-refractivity contribution in [2.24, 2.45) is 0 Å². The lowest BCUT2D eigenvalue weighted by molar-refractivity contribution is 0.639. The summed E-state index contributed by atoms with van der Waals surface area (Å²) in [4.78, 5) is 3.33. The molecule has 0 saturated heterocycles. The molecule has 0 heterocycles. The summed E-state index contributed by atoms with van der Waals surface area (Å²) in [6, 6.07) is 17.3. The molecule has 0 spiro atoms. The van der Waals surface area contributed by atoms with Gasteiger partial charge in [0.05, 0.1) is 12.7 Å². The molecule has 0 atom stereocenters.